The molecular formula is C10H12Cl2FN. The quantitative estimate of drug-likeness (QED) is 0.710. The summed E-state index contributed by atoms with van der Waals surface area (Å²) in [5, 5.41) is 0. The highest BCUT2D eigenvalue weighted by atomic mass is 35.5. The van der Waals surface area contributed by atoms with Crippen LogP contribution >= 0.6 is 23.2 Å². The third-order valence-corrected chi connectivity index (χ3v) is 2.24. The zero-order chi connectivity index (χ0) is 10.4. The Labute approximate surface area is 93.4 Å². The smallest absolute Gasteiger partial charge is 0.146 e. The number of nitrogens with zero attached hydrogens (tertiary/aromatic N) is 1. The monoisotopic (exact) mass is 235 g/mol. The maximum Gasteiger partial charge on any atom is 0.146 e. The molecule has 1 nitrogen and oxygen atoms in total. The van der Waals surface area contributed by atoms with E-state index < -0.39 is 0 Å². The average Bonchev–Trinajstić information content (AvgIpc) is 2.18. The second-order valence-corrected chi connectivity index (χ2v) is 3.57. The molecule has 78 valence electrons. The maximum absolute atomic E-state index is 13.4. The second-order valence-electron chi connectivity index (χ2n) is 2.82. The minimum Gasteiger partial charge on any atom is -0.367 e. The first kappa shape index (κ1) is 11.6. The Balaban J connectivity index is 2.81. The van der Waals surface area contributed by atoms with Crippen LogP contribution in [-0.2, 0) is 0 Å². The van der Waals surface area contributed by atoms with Crippen molar-refractivity contribution in [3.05, 3.63) is 30.1 Å². The van der Waals surface area contributed by atoms with Crippen molar-refractivity contribution in [2.45, 2.75) is 0 Å². The molecule has 0 N–H and O–H groups in total. The van der Waals surface area contributed by atoms with Crippen molar-refractivity contribution in [1.29, 1.82) is 0 Å². The van der Waals surface area contributed by atoms with E-state index in [4.69, 9.17) is 23.2 Å². The van der Waals surface area contributed by atoms with Crippen molar-refractivity contribution >= 4 is 28.9 Å². The Bertz CT molecular complexity index is 275. The molecule has 0 bridgehead atoms. The minimum atomic E-state index is -0.234. The van der Waals surface area contributed by atoms with Crippen molar-refractivity contribution < 1.29 is 4.39 Å². The number of anilines is 1. The van der Waals surface area contributed by atoms with Gasteiger partial charge in [0.25, 0.3) is 0 Å². The van der Waals surface area contributed by atoms with Crippen LogP contribution in [0.5, 0.6) is 0 Å². The van der Waals surface area contributed by atoms with Gasteiger partial charge in [-0.15, -0.1) is 23.2 Å². The molecular weight excluding hydrogens is 224 g/mol. The molecule has 0 aliphatic heterocycles. The number of hydrogen-bond acceptors (Lipinski definition) is 1. The fourth-order valence-corrected chi connectivity index (χ4v) is 1.67. The molecule has 1 aromatic rings. The van der Waals surface area contributed by atoms with Crippen LogP contribution in [0, 0.1) is 5.82 Å². The fraction of sp³-hybridized carbons (Fsp3) is 0.400. The lowest BCUT2D eigenvalue weighted by Crippen LogP contribution is -2.28. The number of rotatable bonds is 5. The van der Waals surface area contributed by atoms with E-state index >= 15 is 0 Å². The van der Waals surface area contributed by atoms with Gasteiger partial charge in [-0.2, -0.15) is 0 Å². The van der Waals surface area contributed by atoms with E-state index in [9.17, 15) is 4.39 Å². The number of para-hydroxylation sites is 1. The molecule has 0 spiro atoms. The van der Waals surface area contributed by atoms with Crippen LogP contribution in [0.2, 0.25) is 0 Å². The lowest BCUT2D eigenvalue weighted by molar-refractivity contribution is 0.620. The number of hydrogen-bond donors (Lipinski definition) is 0. The first-order valence-corrected chi connectivity index (χ1v) is 5.48. The summed E-state index contributed by atoms with van der Waals surface area (Å²) in [6.07, 6.45) is 0. The van der Waals surface area contributed by atoms with Gasteiger partial charge in [0.05, 0.1) is 5.69 Å². The van der Waals surface area contributed by atoms with Gasteiger partial charge in [0, 0.05) is 24.8 Å². The van der Waals surface area contributed by atoms with Crippen molar-refractivity contribution in [3.8, 4) is 0 Å². The standard InChI is InChI=1S/C10H12Cl2FN/c11-5-7-14(8-6-12)10-4-2-1-3-9(10)13/h1-4H,5-8H2. The van der Waals surface area contributed by atoms with E-state index in [1.54, 1.807) is 18.2 Å². The van der Waals surface area contributed by atoms with Gasteiger partial charge in [0.15, 0.2) is 0 Å². The summed E-state index contributed by atoms with van der Waals surface area (Å²) in [5.74, 6) is 0.693. The summed E-state index contributed by atoms with van der Waals surface area (Å²) in [7, 11) is 0. The van der Waals surface area contributed by atoms with Gasteiger partial charge in [-0.1, -0.05) is 12.1 Å². The van der Waals surface area contributed by atoms with Crippen LogP contribution in [0.3, 0.4) is 0 Å². The van der Waals surface area contributed by atoms with E-state index in [1.807, 2.05) is 4.90 Å². The van der Waals surface area contributed by atoms with E-state index in [0.29, 0.717) is 30.5 Å². The van der Waals surface area contributed by atoms with Crippen molar-refractivity contribution in [2.75, 3.05) is 29.7 Å². The third kappa shape index (κ3) is 3.03. The van der Waals surface area contributed by atoms with Gasteiger partial charge >= 0.3 is 0 Å². The Morgan fingerprint density at radius 2 is 1.64 bits per heavy atom. The Morgan fingerprint density at radius 1 is 1.07 bits per heavy atom. The van der Waals surface area contributed by atoms with Gasteiger partial charge in [0.2, 0.25) is 0 Å². The summed E-state index contributed by atoms with van der Waals surface area (Å²) < 4.78 is 13.4. The summed E-state index contributed by atoms with van der Waals surface area (Å²) in [6.45, 7) is 1.21. The van der Waals surface area contributed by atoms with Gasteiger partial charge < -0.3 is 4.90 Å². The molecule has 14 heavy (non-hydrogen) atoms. The second kappa shape index (κ2) is 6.10. The molecule has 0 amide bonds. The maximum atomic E-state index is 13.4. The molecule has 0 unspecified atom stereocenters. The largest absolute Gasteiger partial charge is 0.367 e. The van der Waals surface area contributed by atoms with Crippen molar-refractivity contribution in [2.24, 2.45) is 0 Å². The van der Waals surface area contributed by atoms with Gasteiger partial charge in [-0.05, 0) is 12.1 Å². The zero-order valence-electron chi connectivity index (χ0n) is 7.72. The number of benzene rings is 1. The summed E-state index contributed by atoms with van der Waals surface area (Å²) in [6, 6.07) is 6.63. The summed E-state index contributed by atoms with van der Waals surface area (Å²) in [4.78, 5) is 1.84. The molecule has 4 heteroatoms. The first-order chi connectivity index (χ1) is 6.79. The molecule has 0 aliphatic rings. The third-order valence-electron chi connectivity index (χ3n) is 1.90. The van der Waals surface area contributed by atoms with E-state index in [0.717, 1.165) is 0 Å². The predicted octanol–water partition coefficient (Wildman–Crippen LogP) is 3.11. The minimum absolute atomic E-state index is 0.234. The normalized spacial score (nSPS) is 10.2. The Kier molecular flexibility index (Phi) is 5.05. The Hall–Kier alpha value is -0.470. The molecule has 0 radical (unpaired) electrons. The average molecular weight is 236 g/mol. The zero-order valence-corrected chi connectivity index (χ0v) is 9.23. The summed E-state index contributed by atoms with van der Waals surface area (Å²) in [5.41, 5.74) is 0.564. The molecule has 0 heterocycles. The molecule has 1 aromatic carbocycles. The van der Waals surface area contributed by atoms with E-state index in [-0.39, 0.29) is 5.82 Å². The highest BCUT2D eigenvalue weighted by Crippen LogP contribution is 2.18. The van der Waals surface area contributed by atoms with Gasteiger partial charge in [0.1, 0.15) is 5.82 Å². The molecule has 0 atom stereocenters. The summed E-state index contributed by atoms with van der Waals surface area (Å²) >= 11 is 11.3. The molecule has 0 saturated heterocycles. The lowest BCUT2D eigenvalue weighted by Gasteiger charge is -2.23. The van der Waals surface area contributed by atoms with Crippen molar-refractivity contribution in [1.82, 2.24) is 0 Å². The molecule has 0 fully saturated rings. The highest BCUT2D eigenvalue weighted by molar-refractivity contribution is 6.18. The van der Waals surface area contributed by atoms with Crippen LogP contribution in [-0.4, -0.2) is 24.8 Å². The van der Waals surface area contributed by atoms with Gasteiger partial charge in [-0.3, -0.25) is 0 Å². The SMILES string of the molecule is Fc1ccccc1N(CCCl)CCCl. The van der Waals surface area contributed by atoms with Crippen LogP contribution in [0.25, 0.3) is 0 Å². The fourth-order valence-electron chi connectivity index (χ4n) is 1.26. The number of alkyl halides is 2. The van der Waals surface area contributed by atoms with Crippen LogP contribution in [0.1, 0.15) is 0 Å². The lowest BCUT2D eigenvalue weighted by atomic mass is 10.2. The Morgan fingerprint density at radius 3 is 2.14 bits per heavy atom. The highest BCUT2D eigenvalue weighted by Gasteiger charge is 2.09. The van der Waals surface area contributed by atoms with Crippen LogP contribution in [0.4, 0.5) is 10.1 Å². The number of halogens is 3. The molecule has 0 aromatic heterocycles. The van der Waals surface area contributed by atoms with E-state index in [2.05, 4.69) is 0 Å². The molecule has 0 aliphatic carbocycles. The molecule has 0 saturated carbocycles. The topological polar surface area (TPSA) is 3.24 Å². The predicted molar refractivity (Wildman–Crippen MR) is 60.1 cm³/mol. The van der Waals surface area contributed by atoms with Crippen LogP contribution < -0.4 is 4.90 Å². The van der Waals surface area contributed by atoms with Crippen LogP contribution in [0.15, 0.2) is 24.3 Å². The first-order valence-electron chi connectivity index (χ1n) is 4.41. The molecule has 1 rings (SSSR count). The van der Waals surface area contributed by atoms with Gasteiger partial charge in [-0.25, -0.2) is 4.39 Å². The van der Waals surface area contributed by atoms with E-state index in [1.165, 1.54) is 6.07 Å². The van der Waals surface area contributed by atoms with Crippen molar-refractivity contribution in [3.63, 3.8) is 0 Å².